The van der Waals surface area contributed by atoms with Crippen molar-refractivity contribution in [3.63, 3.8) is 0 Å². The van der Waals surface area contributed by atoms with Crippen LogP contribution in [0, 0.1) is 0 Å². The van der Waals surface area contributed by atoms with Crippen LogP contribution in [-0.2, 0) is 0 Å². The largest absolute Gasteiger partial charge is 0.460 e. The van der Waals surface area contributed by atoms with Crippen LogP contribution in [0.3, 0.4) is 0 Å². The average molecular weight is 1050 g/mol. The van der Waals surface area contributed by atoms with Gasteiger partial charge in [0, 0.05) is 0 Å². The van der Waals surface area contributed by atoms with Crippen molar-refractivity contribution >= 4 is 45.5 Å². The van der Waals surface area contributed by atoms with Gasteiger partial charge < -0.3 is 19.9 Å². The molecule has 0 aliphatic carbocycles. The Morgan fingerprint density at radius 3 is 0.697 bits per heavy atom. The van der Waals surface area contributed by atoms with E-state index in [0.717, 1.165) is 19.9 Å². The highest BCUT2D eigenvalue weighted by Gasteiger charge is 2.78. The fourth-order valence-corrected chi connectivity index (χ4v) is 6.60. The zero-order valence-electron chi connectivity index (χ0n) is 29.8. The van der Waals surface area contributed by atoms with E-state index in [1.54, 1.807) is 0 Å². The molecular weight excluding hydrogens is 1040 g/mol. The predicted octanol–water partition coefficient (Wildman–Crippen LogP) is 10.7. The summed E-state index contributed by atoms with van der Waals surface area (Å²) in [7, 11) is 0. The lowest BCUT2D eigenvalue weighted by Gasteiger charge is -2.30. The molecule has 34 heteroatoms. The van der Waals surface area contributed by atoms with Crippen molar-refractivity contribution in [3.05, 3.63) is 90.6 Å². The van der Waals surface area contributed by atoms with Gasteiger partial charge >= 0.3 is 72.1 Å². The minimum Gasteiger partial charge on any atom is -0.355 e. The van der Waals surface area contributed by atoms with E-state index in [-0.39, 0.29) is 0 Å². The molecule has 4 aromatic rings. The van der Waals surface area contributed by atoms with Crippen LogP contribution in [0.4, 0.5) is 123 Å². The average Bonchev–Trinajstić information content (AvgIpc) is 3.92. The predicted molar refractivity (Wildman–Crippen MR) is 166 cm³/mol. The zero-order chi connectivity index (χ0) is 51.2. The molecule has 4 N–H and O–H groups in total. The smallest absolute Gasteiger partial charge is 0.355 e. The quantitative estimate of drug-likeness (QED) is 0.127. The molecule has 8 bridgehead atoms. The summed E-state index contributed by atoms with van der Waals surface area (Å²) in [6, 6.07) is -3.20. The minimum atomic E-state index is -7.57. The number of fused-ring (bicyclic) bond motifs is 8. The first kappa shape index (κ1) is 52.2. The second kappa shape index (κ2) is 14.9. The Bertz CT molecular complexity index is 2620. The fourth-order valence-electron chi connectivity index (χ4n) is 6.09. The molecule has 1 aliphatic heterocycles. The third kappa shape index (κ3) is 7.35. The molecule has 66 heavy (non-hydrogen) atoms. The molecule has 1 aliphatic rings. The number of H-pyrrole nitrogens is 4. The molecule has 0 unspecified atom stereocenters. The van der Waals surface area contributed by atoms with Crippen LogP contribution in [0.5, 0.6) is 0 Å². The van der Waals surface area contributed by atoms with E-state index < -0.39 is 185 Å². The monoisotopic (exact) mass is 1050 g/mol. The van der Waals surface area contributed by atoms with E-state index in [2.05, 4.69) is 0 Å². The normalized spacial score (nSPS) is 16.2. The van der Waals surface area contributed by atoms with Crippen LogP contribution in [0.15, 0.2) is 36.4 Å². The summed E-state index contributed by atoms with van der Waals surface area (Å²) in [4.78, 5) is 3.72. The third-order valence-electron chi connectivity index (χ3n) is 9.28. The van der Waals surface area contributed by atoms with E-state index >= 15 is 35.1 Å². The molecule has 4 nitrogen and oxygen atoms in total. The van der Waals surface area contributed by atoms with Crippen LogP contribution in [0.25, 0.3) is 22.3 Å². The van der Waals surface area contributed by atoms with Crippen LogP contribution < -0.4 is 21.4 Å². The molecule has 0 saturated carbocycles. The third-order valence-corrected chi connectivity index (χ3v) is 9.88. The van der Waals surface area contributed by atoms with Crippen molar-refractivity contribution in [2.75, 3.05) is 0 Å². The Hall–Kier alpha value is -4.78. The first-order valence-electron chi connectivity index (χ1n) is 16.1. The maximum atomic E-state index is 15.8. The minimum absolute atomic E-state index is 0.492. The highest BCUT2D eigenvalue weighted by atomic mass is 35.5. The second-order valence-electron chi connectivity index (χ2n) is 13.5. The van der Waals surface area contributed by atoms with Gasteiger partial charge in [0.15, 0.2) is 0 Å². The van der Waals surface area contributed by atoms with Crippen molar-refractivity contribution < 1.29 is 123 Å². The van der Waals surface area contributed by atoms with E-state index in [1.165, 1.54) is 0 Å². The Balaban J connectivity index is 2.24. The molecule has 0 saturated heterocycles. The fraction of sp³-hybridized carbons (Fsp3) is 0.375. The van der Waals surface area contributed by atoms with Gasteiger partial charge in [0.2, 0.25) is 0 Å². The number of aromatic nitrogens is 4. The van der Waals surface area contributed by atoms with Gasteiger partial charge in [0.05, 0.1) is 76.5 Å². The van der Waals surface area contributed by atoms with Crippen LogP contribution in [0.2, 0.25) is 10.0 Å². The van der Waals surface area contributed by atoms with Gasteiger partial charge in [-0.1, -0.05) is 23.2 Å². The molecule has 0 atom stereocenters. The lowest BCUT2D eigenvalue weighted by molar-refractivity contribution is -0.339. The lowest BCUT2D eigenvalue weighted by Crippen LogP contribution is -2.54. The first-order chi connectivity index (χ1) is 29.2. The van der Waals surface area contributed by atoms with Gasteiger partial charge in [0.25, 0.3) is 0 Å². The molecule has 368 valence electrons. The maximum Gasteiger partial charge on any atom is 0.460 e. The van der Waals surface area contributed by atoms with Gasteiger partial charge in [-0.25, -0.2) is 0 Å². The van der Waals surface area contributed by atoms with Crippen molar-refractivity contribution in [3.8, 4) is 0 Å². The van der Waals surface area contributed by atoms with Crippen molar-refractivity contribution in [1.82, 2.24) is 19.9 Å². The molecule has 4 aromatic heterocycles. The Labute approximate surface area is 351 Å². The van der Waals surface area contributed by atoms with Crippen molar-refractivity contribution in [2.45, 2.75) is 72.1 Å². The molecule has 0 spiro atoms. The summed E-state index contributed by atoms with van der Waals surface area (Å²) in [5, 5.41) is -14.0. The van der Waals surface area contributed by atoms with Crippen LogP contribution >= 0.6 is 23.2 Å². The highest BCUT2D eigenvalue weighted by molar-refractivity contribution is 6.31. The van der Waals surface area contributed by atoms with Gasteiger partial charge in [-0.2, -0.15) is 123 Å². The SMILES string of the molecule is FC(F)(F)C(F)(F)C(F)(F)C1=c2cc(Cl)c([nH]2)=C(C(F)(F)C(F)(F)C(F)(F)F)c2ccc([nH]2)C(C(F)(F)C(F)(F)C(F)(F)F)=c2[nH]c(cc2Cl)=C(C(F)(F)C(F)(F)C(F)(F)F)c2ccc1[nH]2. The number of halogens is 30. The van der Waals surface area contributed by atoms with E-state index in [9.17, 15) is 87.8 Å². The van der Waals surface area contributed by atoms with E-state index in [4.69, 9.17) is 23.2 Å². The van der Waals surface area contributed by atoms with E-state index in [0.29, 0.717) is 0 Å². The van der Waals surface area contributed by atoms with Gasteiger partial charge in [0.1, 0.15) is 0 Å². The summed E-state index contributed by atoms with van der Waals surface area (Å²) in [5.41, 5.74) is -22.5. The molecule has 5 rings (SSSR count). The van der Waals surface area contributed by atoms with Crippen molar-refractivity contribution in [2.24, 2.45) is 0 Å². The van der Waals surface area contributed by atoms with Crippen LogP contribution in [-0.4, -0.2) is 92.0 Å². The molecule has 5 heterocycles. The molecule has 0 radical (unpaired) electrons. The number of hydrogen-bond donors (Lipinski definition) is 4. The van der Waals surface area contributed by atoms with Gasteiger partial charge in [-0.3, -0.25) is 0 Å². The number of nitrogens with one attached hydrogen (secondary N) is 4. The molecular formula is C32H10Cl2F28N4. The molecule has 0 amide bonds. The number of aromatic amines is 4. The van der Waals surface area contributed by atoms with Gasteiger partial charge in [-0.15, -0.1) is 0 Å². The van der Waals surface area contributed by atoms with Gasteiger partial charge in [-0.05, 0) is 36.4 Å². The molecule has 0 fully saturated rings. The Kier molecular flexibility index (Phi) is 11.8. The highest BCUT2D eigenvalue weighted by Crippen LogP contribution is 2.56. The summed E-state index contributed by atoms with van der Waals surface area (Å²) in [6.45, 7) is 0. The summed E-state index contributed by atoms with van der Waals surface area (Å²) < 4.78 is 406. The van der Waals surface area contributed by atoms with Crippen molar-refractivity contribution in [1.29, 1.82) is 0 Å². The summed E-state index contributed by atoms with van der Waals surface area (Å²) in [6.07, 6.45) is -30.0. The zero-order valence-corrected chi connectivity index (χ0v) is 31.3. The lowest BCUT2D eigenvalue weighted by atomic mass is 9.98. The Morgan fingerprint density at radius 1 is 0.288 bits per heavy atom. The number of rotatable bonds is 8. The first-order valence-corrected chi connectivity index (χ1v) is 16.9. The molecule has 0 aromatic carbocycles. The maximum absolute atomic E-state index is 15.8. The standard InChI is InChI=1S/C32H10Cl2F28N4/c33-7-5-13-15(21(35,36)25(43,44)29(51,52)53)9-1-2-10(63-9)16(22(37,38)26(45,46)30(54,55)56)14-6-8(34)20(66-14)18(24(41,42)28(49,50)32(60,61)62)12-4-3-11(64-12)17(19(7)65-13)23(39,40)27(47,48)31(57,58)59/h1-6,63-66H. The van der Waals surface area contributed by atoms with Crippen LogP contribution in [0.1, 0.15) is 22.8 Å². The topological polar surface area (TPSA) is 63.2 Å². The Morgan fingerprint density at radius 2 is 0.485 bits per heavy atom. The summed E-state index contributed by atoms with van der Waals surface area (Å²) in [5.74, 6) is -58.7. The second-order valence-corrected chi connectivity index (χ2v) is 14.3. The summed E-state index contributed by atoms with van der Waals surface area (Å²) >= 11 is 11.3. The number of hydrogen-bond acceptors (Lipinski definition) is 0. The van der Waals surface area contributed by atoms with E-state index in [1.807, 2.05) is 0 Å². The number of alkyl halides is 28.